The number of hydrogen-bond acceptors (Lipinski definition) is 5. The Balaban J connectivity index is 1.83. The summed E-state index contributed by atoms with van der Waals surface area (Å²) in [5.74, 6) is -1.30. The number of benzene rings is 2. The monoisotopic (exact) mass is 457 g/mol. The summed E-state index contributed by atoms with van der Waals surface area (Å²) in [6.45, 7) is 1.87. The van der Waals surface area contributed by atoms with Crippen LogP contribution in [0.15, 0.2) is 71.3 Å². The lowest BCUT2D eigenvalue weighted by Crippen LogP contribution is -2.33. The smallest absolute Gasteiger partial charge is 0.340 e. The molecule has 1 aliphatic heterocycles. The van der Waals surface area contributed by atoms with E-state index in [1.54, 1.807) is 37.3 Å². The molecule has 0 fully saturated rings. The Morgan fingerprint density at radius 3 is 2.29 bits per heavy atom. The molecule has 1 heterocycles. The largest absolute Gasteiger partial charge is 0.462 e. The summed E-state index contributed by atoms with van der Waals surface area (Å²) in [6, 6.07) is 14.5. The quantitative estimate of drug-likeness (QED) is 0.634. The van der Waals surface area contributed by atoms with Crippen LogP contribution in [0.3, 0.4) is 0 Å². The van der Waals surface area contributed by atoms with Gasteiger partial charge in [-0.05, 0) is 36.1 Å². The fourth-order valence-electron chi connectivity index (χ4n) is 4.26. The molecule has 5 nitrogen and oxygen atoms in total. The molecule has 7 heteroatoms. The van der Waals surface area contributed by atoms with Gasteiger partial charge in [0, 0.05) is 28.5 Å². The first-order valence-electron chi connectivity index (χ1n) is 10.0. The molecular formula is C24H21Cl2NO4. The van der Waals surface area contributed by atoms with Gasteiger partial charge in [0.05, 0.1) is 12.5 Å². The van der Waals surface area contributed by atoms with Crippen LogP contribution in [-0.4, -0.2) is 18.4 Å². The summed E-state index contributed by atoms with van der Waals surface area (Å²) >= 11 is 12.8. The van der Waals surface area contributed by atoms with Crippen LogP contribution in [0, 0.1) is 0 Å². The molecule has 2 aromatic carbocycles. The van der Waals surface area contributed by atoms with Crippen molar-refractivity contribution in [2.24, 2.45) is 5.73 Å². The van der Waals surface area contributed by atoms with Gasteiger partial charge in [-0.15, -0.1) is 0 Å². The first kappa shape index (κ1) is 21.5. The van der Waals surface area contributed by atoms with E-state index in [0.717, 1.165) is 5.56 Å². The minimum absolute atomic E-state index is 0.0743. The zero-order valence-electron chi connectivity index (χ0n) is 16.9. The molecule has 2 aliphatic rings. The van der Waals surface area contributed by atoms with E-state index in [-0.39, 0.29) is 36.2 Å². The van der Waals surface area contributed by atoms with Crippen molar-refractivity contribution >= 4 is 35.0 Å². The van der Waals surface area contributed by atoms with E-state index in [9.17, 15) is 9.59 Å². The first-order chi connectivity index (χ1) is 14.9. The number of carbonyl (C=O) groups excluding carboxylic acids is 2. The van der Waals surface area contributed by atoms with Crippen LogP contribution >= 0.6 is 23.2 Å². The van der Waals surface area contributed by atoms with Crippen LogP contribution in [0.4, 0.5) is 0 Å². The maximum Gasteiger partial charge on any atom is 0.340 e. The molecule has 0 spiro atoms. The summed E-state index contributed by atoms with van der Waals surface area (Å²) in [5, 5.41) is 1.02. The average molecular weight is 458 g/mol. The van der Waals surface area contributed by atoms with Gasteiger partial charge in [0.15, 0.2) is 5.78 Å². The van der Waals surface area contributed by atoms with Crippen molar-refractivity contribution in [3.05, 3.63) is 92.5 Å². The van der Waals surface area contributed by atoms with Gasteiger partial charge in [-0.3, -0.25) is 4.79 Å². The summed E-state index contributed by atoms with van der Waals surface area (Å²) < 4.78 is 11.1. The molecule has 0 radical (unpaired) electrons. The SMILES string of the molecule is CCOC(=O)C1=C(N)OC2=C(C(=O)C[C@H](c3ccccc3Cl)C2)[C@H]1c1ccccc1Cl. The zero-order chi connectivity index (χ0) is 22.1. The number of ketones is 1. The fraction of sp³-hybridized carbons (Fsp3) is 0.250. The van der Waals surface area contributed by atoms with Crippen LogP contribution < -0.4 is 5.73 Å². The highest BCUT2D eigenvalue weighted by molar-refractivity contribution is 6.32. The first-order valence-corrected chi connectivity index (χ1v) is 10.8. The topological polar surface area (TPSA) is 78.6 Å². The third-order valence-corrected chi connectivity index (χ3v) is 6.29. The van der Waals surface area contributed by atoms with E-state index >= 15 is 0 Å². The lowest BCUT2D eigenvalue weighted by atomic mass is 9.73. The molecule has 0 amide bonds. The number of hydrogen-bond donors (Lipinski definition) is 1. The van der Waals surface area contributed by atoms with Crippen LogP contribution in [0.5, 0.6) is 0 Å². The second kappa shape index (κ2) is 8.77. The number of esters is 1. The molecule has 0 unspecified atom stereocenters. The standard InChI is InChI=1S/C24H21Cl2NO4/c1-2-30-24(29)22-20(15-8-4-6-10-17(15)26)21-18(28)11-13(12-19(21)31-23(22)27)14-7-3-5-9-16(14)25/h3-10,13,20H,2,11-12,27H2,1H3/t13-,20+/m0/s1. The molecule has 0 saturated carbocycles. The third kappa shape index (κ3) is 3.95. The van der Waals surface area contributed by atoms with Crippen LogP contribution in [0.25, 0.3) is 0 Å². The van der Waals surface area contributed by atoms with Gasteiger partial charge in [-0.25, -0.2) is 4.79 Å². The summed E-state index contributed by atoms with van der Waals surface area (Å²) in [5.41, 5.74) is 8.17. The molecule has 4 rings (SSSR count). The Morgan fingerprint density at radius 1 is 1.06 bits per heavy atom. The van der Waals surface area contributed by atoms with Gasteiger partial charge in [-0.2, -0.15) is 0 Å². The Morgan fingerprint density at radius 2 is 1.68 bits per heavy atom. The van der Waals surface area contributed by atoms with Crippen molar-refractivity contribution in [3.8, 4) is 0 Å². The highest BCUT2D eigenvalue weighted by Crippen LogP contribution is 2.49. The van der Waals surface area contributed by atoms with Gasteiger partial charge < -0.3 is 15.2 Å². The van der Waals surface area contributed by atoms with E-state index in [1.807, 2.05) is 18.2 Å². The summed E-state index contributed by atoms with van der Waals surface area (Å²) in [4.78, 5) is 26.2. The maximum absolute atomic E-state index is 13.4. The van der Waals surface area contributed by atoms with Gasteiger partial charge in [0.25, 0.3) is 0 Å². The van der Waals surface area contributed by atoms with Gasteiger partial charge >= 0.3 is 5.97 Å². The summed E-state index contributed by atoms with van der Waals surface area (Å²) in [6.07, 6.45) is 0.672. The highest BCUT2D eigenvalue weighted by Gasteiger charge is 2.44. The van der Waals surface area contributed by atoms with Crippen molar-refractivity contribution in [2.45, 2.75) is 31.6 Å². The van der Waals surface area contributed by atoms with Gasteiger partial charge in [0.1, 0.15) is 11.3 Å². The fourth-order valence-corrected chi connectivity index (χ4v) is 4.80. The van der Waals surface area contributed by atoms with Crippen molar-refractivity contribution < 1.29 is 19.1 Å². The van der Waals surface area contributed by atoms with Crippen molar-refractivity contribution in [2.75, 3.05) is 6.61 Å². The Labute approximate surface area is 190 Å². The van der Waals surface area contributed by atoms with Crippen molar-refractivity contribution in [3.63, 3.8) is 0 Å². The van der Waals surface area contributed by atoms with Crippen LogP contribution in [-0.2, 0) is 19.1 Å². The summed E-state index contributed by atoms with van der Waals surface area (Å²) in [7, 11) is 0. The van der Waals surface area contributed by atoms with Crippen molar-refractivity contribution in [1.82, 2.24) is 0 Å². The molecule has 0 bridgehead atoms. The second-order valence-electron chi connectivity index (χ2n) is 7.44. The van der Waals surface area contributed by atoms with Crippen LogP contribution in [0.1, 0.15) is 42.7 Å². The third-order valence-electron chi connectivity index (χ3n) is 5.60. The number of ether oxygens (including phenoxy) is 2. The van der Waals surface area contributed by atoms with Crippen LogP contribution in [0.2, 0.25) is 10.0 Å². The molecule has 2 N–H and O–H groups in total. The molecule has 0 aromatic heterocycles. The van der Waals surface area contributed by atoms with E-state index in [0.29, 0.717) is 33.4 Å². The van der Waals surface area contributed by atoms with Crippen molar-refractivity contribution in [1.29, 1.82) is 0 Å². The van der Waals surface area contributed by atoms with E-state index in [4.69, 9.17) is 38.4 Å². The molecule has 31 heavy (non-hydrogen) atoms. The molecule has 1 aliphatic carbocycles. The molecule has 160 valence electrons. The van der Waals surface area contributed by atoms with Gasteiger partial charge in [-0.1, -0.05) is 59.6 Å². The number of carbonyl (C=O) groups is 2. The van der Waals surface area contributed by atoms with Gasteiger partial charge in [0.2, 0.25) is 5.88 Å². The van der Waals surface area contributed by atoms with E-state index < -0.39 is 11.9 Å². The number of nitrogens with two attached hydrogens (primary N) is 1. The normalized spacial score (nSPS) is 20.9. The molecule has 0 saturated heterocycles. The minimum Gasteiger partial charge on any atom is -0.462 e. The Hall–Kier alpha value is -2.76. The maximum atomic E-state index is 13.4. The molecular weight excluding hydrogens is 437 g/mol. The van der Waals surface area contributed by atoms with E-state index in [2.05, 4.69) is 0 Å². The lowest BCUT2D eigenvalue weighted by molar-refractivity contribution is -0.139. The Kier molecular flexibility index (Phi) is 6.08. The Bertz CT molecular complexity index is 1120. The minimum atomic E-state index is -0.754. The predicted octanol–water partition coefficient (Wildman–Crippen LogP) is 5.24. The zero-order valence-corrected chi connectivity index (χ0v) is 18.4. The second-order valence-corrected chi connectivity index (χ2v) is 8.26. The number of halogens is 2. The molecule has 2 aromatic rings. The predicted molar refractivity (Wildman–Crippen MR) is 119 cm³/mol. The highest BCUT2D eigenvalue weighted by atomic mass is 35.5. The molecule has 2 atom stereocenters. The lowest BCUT2D eigenvalue weighted by Gasteiger charge is -2.35. The number of allylic oxidation sites excluding steroid dienone is 2. The van der Waals surface area contributed by atoms with E-state index in [1.165, 1.54) is 0 Å². The number of rotatable bonds is 4. The average Bonchev–Trinajstić information content (AvgIpc) is 2.73. The number of Topliss-reactive ketones (excluding diaryl/α,β-unsaturated/α-hetero) is 1.